The summed E-state index contributed by atoms with van der Waals surface area (Å²) in [6.45, 7) is 1.73. The number of thioether (sulfide) groups is 1. The number of alkyl halides is 2. The highest BCUT2D eigenvalue weighted by Gasteiger charge is 2.36. The number of nitrogens with one attached hydrogen (secondary N) is 1. The van der Waals surface area contributed by atoms with E-state index in [-0.39, 0.29) is 54.6 Å². The maximum absolute atomic E-state index is 13.5. The molecule has 4 rings (SSSR count). The molecule has 0 radical (unpaired) electrons. The Bertz CT molecular complexity index is 1140. The Balaban J connectivity index is 1.53. The first-order valence-corrected chi connectivity index (χ1v) is 11.7. The predicted octanol–water partition coefficient (Wildman–Crippen LogP) is 3.78. The number of aromatic amines is 1. The first-order valence-electron chi connectivity index (χ1n) is 9.24. The highest BCUT2D eigenvalue weighted by atomic mass is 79.9. The van der Waals surface area contributed by atoms with Gasteiger partial charge in [0.1, 0.15) is 10.4 Å². The fraction of sp³-hybridized carbons (Fsp3) is 0.529. The van der Waals surface area contributed by atoms with Gasteiger partial charge in [-0.3, -0.25) is 9.59 Å². The van der Waals surface area contributed by atoms with E-state index in [0.717, 1.165) is 11.8 Å². The van der Waals surface area contributed by atoms with Crippen LogP contribution in [0, 0.1) is 0 Å². The first-order chi connectivity index (χ1) is 14.2. The average molecular weight is 519 g/mol. The average Bonchev–Trinajstić information content (AvgIpc) is 3.28. The van der Waals surface area contributed by atoms with E-state index in [1.54, 1.807) is 11.6 Å². The molecule has 0 amide bonds. The summed E-state index contributed by atoms with van der Waals surface area (Å²) < 4.78 is 29.2. The van der Waals surface area contributed by atoms with Crippen LogP contribution in [0.1, 0.15) is 43.7 Å². The number of fused-ring (bicyclic) bond motifs is 1. The third-order valence-corrected chi connectivity index (χ3v) is 7.37. The molecule has 0 bridgehead atoms. The lowest BCUT2D eigenvalue weighted by Crippen LogP contribution is -2.27. The van der Waals surface area contributed by atoms with Crippen molar-refractivity contribution in [2.45, 2.75) is 61.4 Å². The topological polar surface area (TPSA) is 106 Å². The summed E-state index contributed by atoms with van der Waals surface area (Å²) in [6.07, 6.45) is 1.66. The third kappa shape index (κ3) is 4.62. The summed E-state index contributed by atoms with van der Waals surface area (Å²) in [5.74, 6) is -2.72. The summed E-state index contributed by atoms with van der Waals surface area (Å²) in [6, 6.07) is -0.232. The molecule has 0 aliphatic heterocycles. The van der Waals surface area contributed by atoms with Crippen LogP contribution < -0.4 is 5.56 Å². The smallest absolute Gasteiger partial charge is 0.262 e. The molecule has 1 aliphatic rings. The van der Waals surface area contributed by atoms with E-state index in [1.807, 2.05) is 0 Å². The van der Waals surface area contributed by atoms with Gasteiger partial charge in [0, 0.05) is 12.8 Å². The van der Waals surface area contributed by atoms with E-state index >= 15 is 0 Å². The molecule has 160 valence electrons. The number of hydrogen-bond acceptors (Lipinski definition) is 8. The molecule has 1 atom stereocenters. The number of aromatic nitrogens is 6. The third-order valence-electron chi connectivity index (χ3n) is 4.98. The molecule has 3 aromatic heterocycles. The van der Waals surface area contributed by atoms with E-state index < -0.39 is 11.2 Å². The Kier molecular flexibility index (Phi) is 6.04. The summed E-state index contributed by atoms with van der Waals surface area (Å²) >= 11 is 5.64. The van der Waals surface area contributed by atoms with Crippen molar-refractivity contribution >= 4 is 55.8 Å². The number of carbonyl (C=O) groups is 1. The van der Waals surface area contributed by atoms with Gasteiger partial charge in [-0.15, -0.1) is 10.2 Å². The Hall–Kier alpha value is -1.73. The lowest BCUT2D eigenvalue weighted by molar-refractivity contribution is -0.117. The predicted molar refractivity (Wildman–Crippen MR) is 112 cm³/mol. The lowest BCUT2D eigenvalue weighted by Gasteiger charge is -2.28. The molecular formula is C17H17BrF2N6O2S2. The maximum atomic E-state index is 13.5. The van der Waals surface area contributed by atoms with Crippen LogP contribution in [0.2, 0.25) is 0 Å². The molecule has 0 aromatic carbocycles. The van der Waals surface area contributed by atoms with E-state index in [4.69, 9.17) is 0 Å². The van der Waals surface area contributed by atoms with Gasteiger partial charge in [0.25, 0.3) is 5.56 Å². The minimum Gasteiger partial charge on any atom is -0.301 e. The van der Waals surface area contributed by atoms with Gasteiger partial charge in [0.15, 0.2) is 20.5 Å². The molecular weight excluding hydrogens is 502 g/mol. The number of H-pyrrole nitrogens is 1. The minimum absolute atomic E-state index is 0.0746. The van der Waals surface area contributed by atoms with Crippen LogP contribution in [0.3, 0.4) is 0 Å². The largest absolute Gasteiger partial charge is 0.301 e. The standard InChI is InChI=1S/C17H17BrF2N6O2S2/c1-8(11(27)6-12-24-25-15(18)30-12)29-16-22-13-10(14(28)23-16)7-21-26(13)9-2-4-17(19,20)5-3-9/h7-9H,2-6H2,1H3,(H,22,23,28). The summed E-state index contributed by atoms with van der Waals surface area (Å²) in [5, 5.41) is 12.7. The van der Waals surface area contributed by atoms with Crippen LogP contribution in [-0.4, -0.2) is 46.9 Å². The molecule has 1 unspecified atom stereocenters. The van der Waals surface area contributed by atoms with Gasteiger partial charge in [-0.2, -0.15) is 5.10 Å². The maximum Gasteiger partial charge on any atom is 0.262 e. The zero-order valence-corrected chi connectivity index (χ0v) is 19.0. The summed E-state index contributed by atoms with van der Waals surface area (Å²) in [7, 11) is 0. The van der Waals surface area contributed by atoms with Gasteiger partial charge >= 0.3 is 0 Å². The van der Waals surface area contributed by atoms with Crippen LogP contribution in [-0.2, 0) is 11.2 Å². The normalized spacial score (nSPS) is 18.0. The zero-order valence-electron chi connectivity index (χ0n) is 15.8. The lowest BCUT2D eigenvalue weighted by atomic mass is 9.92. The van der Waals surface area contributed by atoms with Crippen LogP contribution in [0.15, 0.2) is 20.1 Å². The number of carbonyl (C=O) groups excluding carboxylic acids is 1. The molecule has 30 heavy (non-hydrogen) atoms. The summed E-state index contributed by atoms with van der Waals surface area (Å²) in [5.41, 5.74) is -0.0215. The molecule has 3 heterocycles. The highest BCUT2D eigenvalue weighted by Crippen LogP contribution is 2.39. The van der Waals surface area contributed by atoms with Crippen molar-refractivity contribution in [3.8, 4) is 0 Å². The number of Topliss-reactive ketones (excluding diaryl/α,β-unsaturated/α-hetero) is 1. The van der Waals surface area contributed by atoms with Crippen molar-refractivity contribution in [2.24, 2.45) is 0 Å². The molecule has 0 spiro atoms. The number of hydrogen-bond donors (Lipinski definition) is 1. The number of nitrogens with zero attached hydrogens (tertiary/aromatic N) is 5. The van der Waals surface area contributed by atoms with Gasteiger partial charge in [0.2, 0.25) is 5.92 Å². The van der Waals surface area contributed by atoms with Crippen LogP contribution in [0.5, 0.6) is 0 Å². The van der Waals surface area contributed by atoms with Crippen molar-refractivity contribution in [3.05, 3.63) is 25.5 Å². The van der Waals surface area contributed by atoms with Crippen LogP contribution in [0.25, 0.3) is 11.0 Å². The Morgan fingerprint density at radius 3 is 2.83 bits per heavy atom. The van der Waals surface area contributed by atoms with Crippen molar-refractivity contribution in [1.82, 2.24) is 29.9 Å². The minimum atomic E-state index is -2.65. The summed E-state index contributed by atoms with van der Waals surface area (Å²) in [4.78, 5) is 32.1. The number of rotatable bonds is 6. The van der Waals surface area contributed by atoms with E-state index in [0.29, 0.717) is 20.0 Å². The second kappa shape index (κ2) is 8.42. The monoisotopic (exact) mass is 518 g/mol. The Morgan fingerprint density at radius 2 is 2.17 bits per heavy atom. The number of halogens is 3. The number of ketones is 1. The van der Waals surface area contributed by atoms with Crippen molar-refractivity contribution in [3.63, 3.8) is 0 Å². The van der Waals surface area contributed by atoms with Gasteiger partial charge in [-0.25, -0.2) is 18.4 Å². The van der Waals surface area contributed by atoms with Gasteiger partial charge in [0.05, 0.1) is 23.9 Å². The first kappa shape index (κ1) is 21.5. The van der Waals surface area contributed by atoms with E-state index in [1.165, 1.54) is 17.5 Å². The molecule has 8 nitrogen and oxygen atoms in total. The second-order valence-corrected chi connectivity index (χ2v) is 10.8. The fourth-order valence-corrected chi connectivity index (χ4v) is 5.39. The van der Waals surface area contributed by atoms with Crippen molar-refractivity contribution < 1.29 is 13.6 Å². The Morgan fingerprint density at radius 1 is 1.43 bits per heavy atom. The molecule has 0 saturated heterocycles. The molecule has 13 heteroatoms. The second-order valence-electron chi connectivity index (χ2n) is 7.14. The molecule has 1 fully saturated rings. The van der Waals surface area contributed by atoms with Gasteiger partial charge in [-0.05, 0) is 35.7 Å². The molecule has 1 aliphatic carbocycles. The van der Waals surface area contributed by atoms with Gasteiger partial charge in [-0.1, -0.05) is 23.1 Å². The zero-order chi connectivity index (χ0) is 21.5. The SMILES string of the molecule is CC(Sc1nc2c(cnn2C2CCC(F)(F)CC2)c(=O)[nH]1)C(=O)Cc1nnc(Br)s1. The highest BCUT2D eigenvalue weighted by molar-refractivity contribution is 9.11. The fourth-order valence-electron chi connectivity index (χ4n) is 3.34. The van der Waals surface area contributed by atoms with E-state index in [9.17, 15) is 18.4 Å². The molecule has 3 aromatic rings. The van der Waals surface area contributed by atoms with Crippen molar-refractivity contribution in [1.29, 1.82) is 0 Å². The quantitative estimate of drug-likeness (QED) is 0.390. The Labute approximate surface area is 186 Å². The molecule has 1 saturated carbocycles. The van der Waals surface area contributed by atoms with Gasteiger partial charge < -0.3 is 4.98 Å². The van der Waals surface area contributed by atoms with Crippen molar-refractivity contribution in [2.75, 3.05) is 0 Å². The van der Waals surface area contributed by atoms with E-state index in [2.05, 4.69) is 41.2 Å². The van der Waals surface area contributed by atoms with Crippen LogP contribution >= 0.6 is 39.0 Å². The molecule has 1 N–H and O–H groups in total. The van der Waals surface area contributed by atoms with Crippen LogP contribution in [0.4, 0.5) is 8.78 Å².